The van der Waals surface area contributed by atoms with Crippen molar-refractivity contribution in [3.63, 3.8) is 0 Å². The molecule has 1 fully saturated rings. The van der Waals surface area contributed by atoms with Crippen LogP contribution in [0.1, 0.15) is 43.0 Å². The van der Waals surface area contributed by atoms with Crippen molar-refractivity contribution in [1.29, 1.82) is 0 Å². The minimum atomic E-state index is -4.60. The summed E-state index contributed by atoms with van der Waals surface area (Å²) in [6.07, 6.45) is -1.47. The van der Waals surface area contributed by atoms with Crippen LogP contribution in [0.15, 0.2) is 36.7 Å². The standard InChI is InChI=1S/C22H22F3N5O3S2/c1-12-18(29-20(34-12)30-35(32,33)15-8-9-15)21(2,3)19(31)27-14-6-4-13(5-7-14)16-10-26-11-17(28-16)22(23,24)25/h4-7,10-11,15H,8-9H2,1-3H3,(H,27,31)(H,29,30). The highest BCUT2D eigenvalue weighted by Crippen LogP contribution is 2.36. The number of carbonyl (C=O) groups excluding carboxylic acids is 1. The second-order valence-corrected chi connectivity index (χ2v) is 11.9. The zero-order valence-corrected chi connectivity index (χ0v) is 20.6. The van der Waals surface area contributed by atoms with Gasteiger partial charge in [-0.3, -0.25) is 14.5 Å². The maximum absolute atomic E-state index is 13.1. The molecular weight excluding hydrogens is 503 g/mol. The van der Waals surface area contributed by atoms with E-state index in [0.717, 1.165) is 0 Å². The number of hydrogen-bond donors (Lipinski definition) is 2. The number of halogens is 3. The molecule has 1 aliphatic carbocycles. The maximum atomic E-state index is 13.1. The van der Waals surface area contributed by atoms with Crippen LogP contribution in [0.5, 0.6) is 0 Å². The van der Waals surface area contributed by atoms with Gasteiger partial charge < -0.3 is 5.32 Å². The van der Waals surface area contributed by atoms with Crippen LogP contribution in [-0.4, -0.2) is 34.5 Å². The summed E-state index contributed by atoms with van der Waals surface area (Å²) in [6, 6.07) is 6.17. The second kappa shape index (κ2) is 8.86. The lowest BCUT2D eigenvalue weighted by Gasteiger charge is -2.22. The van der Waals surface area contributed by atoms with E-state index in [2.05, 4.69) is 25.0 Å². The molecule has 0 saturated heterocycles. The second-order valence-electron chi connectivity index (χ2n) is 8.71. The summed E-state index contributed by atoms with van der Waals surface area (Å²) in [5, 5.41) is 2.61. The van der Waals surface area contributed by atoms with Crippen LogP contribution in [0, 0.1) is 6.92 Å². The third-order valence-electron chi connectivity index (χ3n) is 5.51. The predicted octanol–water partition coefficient (Wildman–Crippen LogP) is 4.75. The molecule has 0 atom stereocenters. The first kappa shape index (κ1) is 25.0. The smallest absolute Gasteiger partial charge is 0.325 e. The number of aromatic nitrogens is 3. The molecule has 8 nitrogen and oxygen atoms in total. The average molecular weight is 526 g/mol. The summed E-state index contributed by atoms with van der Waals surface area (Å²) >= 11 is 1.17. The van der Waals surface area contributed by atoms with Gasteiger partial charge in [0.15, 0.2) is 10.8 Å². The number of aryl methyl sites for hydroxylation is 1. The molecule has 0 spiro atoms. The SMILES string of the molecule is Cc1sc(NS(=O)(=O)C2CC2)nc1C(C)(C)C(=O)Nc1ccc(-c2cncc(C(F)(F)F)n2)cc1. The molecule has 1 amide bonds. The normalized spacial score (nSPS) is 14.6. The van der Waals surface area contributed by atoms with Gasteiger partial charge in [0.2, 0.25) is 15.9 Å². The lowest BCUT2D eigenvalue weighted by Crippen LogP contribution is -2.35. The number of alkyl halides is 3. The number of nitrogens with one attached hydrogen (secondary N) is 2. The van der Waals surface area contributed by atoms with Crippen molar-refractivity contribution in [3.8, 4) is 11.3 Å². The fraction of sp³-hybridized carbons (Fsp3) is 0.364. The van der Waals surface area contributed by atoms with Gasteiger partial charge in [-0.25, -0.2) is 18.4 Å². The number of amides is 1. The summed E-state index contributed by atoms with van der Waals surface area (Å²) in [4.78, 5) is 25.4. The minimum absolute atomic E-state index is 0.0531. The summed E-state index contributed by atoms with van der Waals surface area (Å²) < 4.78 is 65.6. The summed E-state index contributed by atoms with van der Waals surface area (Å²) in [5.41, 5.74) is -0.846. The molecule has 0 unspecified atom stereocenters. The quantitative estimate of drug-likeness (QED) is 0.460. The number of carbonyl (C=O) groups is 1. The van der Waals surface area contributed by atoms with Gasteiger partial charge in [0.25, 0.3) is 0 Å². The van der Waals surface area contributed by atoms with Gasteiger partial charge in [0, 0.05) is 16.1 Å². The first-order valence-corrected chi connectivity index (χ1v) is 12.9. The molecule has 3 aromatic rings. The lowest BCUT2D eigenvalue weighted by molar-refractivity contribution is -0.141. The summed E-state index contributed by atoms with van der Waals surface area (Å²) in [5.74, 6) is -0.380. The minimum Gasteiger partial charge on any atom is -0.325 e. The van der Waals surface area contributed by atoms with E-state index in [0.29, 0.717) is 40.9 Å². The zero-order valence-electron chi connectivity index (χ0n) is 19.0. The molecule has 2 N–H and O–H groups in total. The third-order valence-corrected chi connectivity index (χ3v) is 8.35. The van der Waals surface area contributed by atoms with E-state index in [9.17, 15) is 26.4 Å². The molecule has 1 aliphatic rings. The Bertz CT molecular complexity index is 1370. The maximum Gasteiger partial charge on any atom is 0.434 e. The van der Waals surface area contributed by atoms with Crippen LogP contribution in [0.25, 0.3) is 11.3 Å². The average Bonchev–Trinajstić information content (AvgIpc) is 3.58. The Morgan fingerprint density at radius 3 is 2.34 bits per heavy atom. The fourth-order valence-corrected chi connectivity index (χ4v) is 5.92. The van der Waals surface area contributed by atoms with Crippen LogP contribution >= 0.6 is 11.3 Å². The molecule has 1 saturated carbocycles. The highest BCUT2D eigenvalue weighted by atomic mass is 32.2. The van der Waals surface area contributed by atoms with Gasteiger partial charge in [-0.2, -0.15) is 13.2 Å². The van der Waals surface area contributed by atoms with E-state index in [4.69, 9.17) is 0 Å². The highest BCUT2D eigenvalue weighted by Gasteiger charge is 2.38. The van der Waals surface area contributed by atoms with Crippen molar-refractivity contribution in [3.05, 3.63) is 52.9 Å². The van der Waals surface area contributed by atoms with Gasteiger partial charge in [-0.15, -0.1) is 11.3 Å². The van der Waals surface area contributed by atoms with Crippen LogP contribution in [0.2, 0.25) is 0 Å². The Balaban J connectivity index is 1.49. The van der Waals surface area contributed by atoms with Gasteiger partial charge in [0.05, 0.1) is 34.4 Å². The number of benzene rings is 1. The Hall–Kier alpha value is -3.06. The van der Waals surface area contributed by atoms with Gasteiger partial charge >= 0.3 is 6.18 Å². The van der Waals surface area contributed by atoms with Crippen LogP contribution in [0.3, 0.4) is 0 Å². The number of thiazole rings is 1. The van der Waals surface area contributed by atoms with E-state index in [1.54, 1.807) is 32.9 Å². The number of anilines is 2. The van der Waals surface area contributed by atoms with Crippen molar-refractivity contribution in [2.24, 2.45) is 0 Å². The number of nitrogens with zero attached hydrogens (tertiary/aromatic N) is 3. The molecule has 0 radical (unpaired) electrons. The first-order valence-electron chi connectivity index (χ1n) is 10.6. The van der Waals surface area contributed by atoms with Crippen molar-refractivity contribution < 1.29 is 26.4 Å². The van der Waals surface area contributed by atoms with E-state index >= 15 is 0 Å². The first-order chi connectivity index (χ1) is 16.3. The third kappa shape index (κ3) is 5.45. The number of sulfonamides is 1. The fourth-order valence-electron chi connectivity index (χ4n) is 3.36. The lowest BCUT2D eigenvalue weighted by atomic mass is 9.87. The Labute approximate surface area is 204 Å². The molecule has 2 heterocycles. The Kier molecular flexibility index (Phi) is 6.34. The molecule has 4 rings (SSSR count). The molecule has 0 aliphatic heterocycles. The highest BCUT2D eigenvalue weighted by molar-refractivity contribution is 7.93. The number of rotatable bonds is 7. The summed E-state index contributed by atoms with van der Waals surface area (Å²) in [6.45, 7) is 5.12. The van der Waals surface area contributed by atoms with Crippen molar-refractivity contribution in [2.75, 3.05) is 10.0 Å². The van der Waals surface area contributed by atoms with E-state index in [1.807, 2.05) is 0 Å². The van der Waals surface area contributed by atoms with Crippen molar-refractivity contribution in [1.82, 2.24) is 15.0 Å². The molecule has 1 aromatic carbocycles. The van der Waals surface area contributed by atoms with Gasteiger partial charge in [-0.1, -0.05) is 12.1 Å². The van der Waals surface area contributed by atoms with E-state index < -0.39 is 32.6 Å². The Morgan fingerprint density at radius 2 is 1.74 bits per heavy atom. The van der Waals surface area contributed by atoms with Gasteiger partial charge in [-0.05, 0) is 45.7 Å². The molecule has 0 bridgehead atoms. The molecular formula is C22H22F3N5O3S2. The topological polar surface area (TPSA) is 114 Å². The number of hydrogen-bond acceptors (Lipinski definition) is 7. The van der Waals surface area contributed by atoms with Crippen molar-refractivity contribution in [2.45, 2.75) is 50.5 Å². The molecule has 2 aromatic heterocycles. The van der Waals surface area contributed by atoms with E-state index in [1.165, 1.54) is 29.7 Å². The zero-order chi connectivity index (χ0) is 25.6. The van der Waals surface area contributed by atoms with Crippen LogP contribution in [0.4, 0.5) is 24.0 Å². The summed E-state index contributed by atoms with van der Waals surface area (Å²) in [7, 11) is -3.47. The predicted molar refractivity (Wildman–Crippen MR) is 127 cm³/mol. The van der Waals surface area contributed by atoms with E-state index in [-0.39, 0.29) is 16.7 Å². The Morgan fingerprint density at radius 1 is 1.09 bits per heavy atom. The van der Waals surface area contributed by atoms with Crippen LogP contribution in [-0.2, 0) is 26.4 Å². The largest absolute Gasteiger partial charge is 0.434 e. The molecule has 35 heavy (non-hydrogen) atoms. The molecule has 186 valence electrons. The van der Waals surface area contributed by atoms with Crippen molar-refractivity contribution >= 4 is 38.1 Å². The monoisotopic (exact) mass is 525 g/mol. The van der Waals surface area contributed by atoms with Gasteiger partial charge in [0.1, 0.15) is 0 Å². The van der Waals surface area contributed by atoms with Crippen LogP contribution < -0.4 is 10.0 Å². The molecule has 13 heteroatoms.